The highest BCUT2D eigenvalue weighted by Gasteiger charge is 2.42. The molecule has 0 unspecified atom stereocenters. The maximum Gasteiger partial charge on any atom is 0.361 e. The first-order chi connectivity index (χ1) is 7.14. The normalized spacial score (nSPS) is 20.1. The molecular weight excluding hydrogens is 202 g/mol. The second kappa shape index (κ2) is 5.09. The highest BCUT2D eigenvalue weighted by atomic mass is 16.7. The van der Waals surface area contributed by atoms with Gasteiger partial charge in [-0.3, -0.25) is 0 Å². The molecule has 0 aromatic rings. The van der Waals surface area contributed by atoms with Crippen molar-refractivity contribution < 1.29 is 23.8 Å². The van der Waals surface area contributed by atoms with Crippen LogP contribution in [0.5, 0.6) is 0 Å². The van der Waals surface area contributed by atoms with E-state index in [1.165, 1.54) is 7.11 Å². The van der Waals surface area contributed by atoms with Gasteiger partial charge in [-0.05, 0) is 13.8 Å². The van der Waals surface area contributed by atoms with E-state index in [0.717, 1.165) is 0 Å². The third kappa shape index (κ3) is 2.66. The van der Waals surface area contributed by atoms with E-state index in [9.17, 15) is 4.79 Å². The topological polar surface area (TPSA) is 66.4 Å². The fourth-order valence-corrected chi connectivity index (χ4v) is 1.25. The lowest BCUT2D eigenvalue weighted by atomic mass is 10.2. The van der Waals surface area contributed by atoms with Gasteiger partial charge < -0.3 is 19.0 Å². The van der Waals surface area contributed by atoms with Crippen molar-refractivity contribution >= 4 is 11.7 Å². The summed E-state index contributed by atoms with van der Waals surface area (Å²) < 4.78 is 15.4. The lowest BCUT2D eigenvalue weighted by Crippen LogP contribution is -2.42. The average Bonchev–Trinajstić information content (AvgIpc) is 2.62. The second-order valence-corrected chi connectivity index (χ2v) is 2.99. The van der Waals surface area contributed by atoms with Crippen LogP contribution in [0.2, 0.25) is 0 Å². The molecule has 0 spiro atoms. The Morgan fingerprint density at radius 2 is 2.07 bits per heavy atom. The smallest absolute Gasteiger partial charge is 0.361 e. The Morgan fingerprint density at radius 3 is 2.53 bits per heavy atom. The Hall–Kier alpha value is -1.14. The molecule has 0 atom stereocenters. The third-order valence-electron chi connectivity index (χ3n) is 1.92. The van der Waals surface area contributed by atoms with Crippen LogP contribution < -0.4 is 0 Å². The Kier molecular flexibility index (Phi) is 4.05. The van der Waals surface area contributed by atoms with Gasteiger partial charge in [-0.1, -0.05) is 5.16 Å². The molecule has 0 aliphatic carbocycles. The molecule has 0 N–H and O–H groups in total. The number of hydrogen-bond donors (Lipinski definition) is 0. The van der Waals surface area contributed by atoms with Crippen molar-refractivity contribution in [2.75, 3.05) is 26.9 Å². The molecule has 86 valence electrons. The summed E-state index contributed by atoms with van der Waals surface area (Å²) in [6.45, 7) is 4.41. The standard InChI is InChI=1S/C9H15NO5/c1-4-13-8(11)7(10-12-3)9(2)14-5-6-15-9/h4-6H2,1-3H3/b10-7+. The van der Waals surface area contributed by atoms with Crippen molar-refractivity contribution in [3.05, 3.63) is 0 Å². The van der Waals surface area contributed by atoms with Gasteiger partial charge >= 0.3 is 5.97 Å². The van der Waals surface area contributed by atoms with E-state index >= 15 is 0 Å². The van der Waals surface area contributed by atoms with Crippen LogP contribution in [0.1, 0.15) is 13.8 Å². The zero-order valence-electron chi connectivity index (χ0n) is 9.11. The summed E-state index contributed by atoms with van der Waals surface area (Å²) >= 11 is 0. The van der Waals surface area contributed by atoms with Crippen LogP contribution in [0.15, 0.2) is 5.16 Å². The number of nitrogens with zero attached hydrogens (tertiary/aromatic N) is 1. The van der Waals surface area contributed by atoms with Crippen LogP contribution in [0.3, 0.4) is 0 Å². The first-order valence-corrected chi connectivity index (χ1v) is 4.70. The van der Waals surface area contributed by atoms with Crippen LogP contribution in [0, 0.1) is 0 Å². The summed E-state index contributed by atoms with van der Waals surface area (Å²) in [5.41, 5.74) is -0.00986. The van der Waals surface area contributed by atoms with E-state index in [0.29, 0.717) is 13.2 Å². The average molecular weight is 217 g/mol. The minimum atomic E-state index is -1.16. The molecule has 0 amide bonds. The first kappa shape index (κ1) is 11.9. The number of oxime groups is 1. The van der Waals surface area contributed by atoms with Gasteiger partial charge in [0.25, 0.3) is 0 Å². The fourth-order valence-electron chi connectivity index (χ4n) is 1.25. The van der Waals surface area contributed by atoms with Crippen LogP contribution in [-0.4, -0.2) is 44.4 Å². The van der Waals surface area contributed by atoms with Crippen LogP contribution in [0.4, 0.5) is 0 Å². The largest absolute Gasteiger partial charge is 0.461 e. The summed E-state index contributed by atoms with van der Waals surface area (Å²) in [6, 6.07) is 0. The van der Waals surface area contributed by atoms with Gasteiger partial charge in [0.1, 0.15) is 7.11 Å². The van der Waals surface area contributed by atoms with Crippen molar-refractivity contribution in [1.82, 2.24) is 0 Å². The minimum Gasteiger partial charge on any atom is -0.461 e. The maximum atomic E-state index is 11.5. The van der Waals surface area contributed by atoms with E-state index < -0.39 is 11.8 Å². The second-order valence-electron chi connectivity index (χ2n) is 2.99. The summed E-state index contributed by atoms with van der Waals surface area (Å²) in [5, 5.41) is 3.59. The molecule has 0 aromatic carbocycles. The first-order valence-electron chi connectivity index (χ1n) is 4.70. The molecule has 1 rings (SSSR count). The molecule has 1 aliphatic rings. The summed E-state index contributed by atoms with van der Waals surface area (Å²) in [6.07, 6.45) is 0. The number of carbonyl (C=O) groups excluding carboxylic acids is 1. The molecule has 1 aliphatic heterocycles. The minimum absolute atomic E-state index is 0.00986. The number of carbonyl (C=O) groups is 1. The monoisotopic (exact) mass is 217 g/mol. The highest BCUT2D eigenvalue weighted by molar-refractivity contribution is 6.39. The van der Waals surface area contributed by atoms with Gasteiger partial charge in [0.05, 0.1) is 19.8 Å². The molecule has 0 saturated carbocycles. The van der Waals surface area contributed by atoms with Gasteiger partial charge in [0.15, 0.2) is 0 Å². The molecular formula is C9H15NO5. The van der Waals surface area contributed by atoms with E-state index in [2.05, 4.69) is 9.99 Å². The quantitative estimate of drug-likeness (QED) is 0.385. The van der Waals surface area contributed by atoms with Crippen molar-refractivity contribution in [2.24, 2.45) is 5.16 Å². The van der Waals surface area contributed by atoms with Gasteiger partial charge in [-0.2, -0.15) is 0 Å². The van der Waals surface area contributed by atoms with E-state index in [1.54, 1.807) is 13.8 Å². The Balaban J connectivity index is 2.82. The van der Waals surface area contributed by atoms with Crippen LogP contribution in [0.25, 0.3) is 0 Å². The number of rotatable bonds is 4. The summed E-state index contributed by atoms with van der Waals surface area (Å²) in [5.74, 6) is -1.76. The van der Waals surface area contributed by atoms with Gasteiger partial charge in [-0.15, -0.1) is 0 Å². The molecule has 0 radical (unpaired) electrons. The van der Waals surface area contributed by atoms with Crippen LogP contribution >= 0.6 is 0 Å². The number of hydrogen-bond acceptors (Lipinski definition) is 6. The van der Waals surface area contributed by atoms with Crippen LogP contribution in [-0.2, 0) is 23.8 Å². The lowest BCUT2D eigenvalue weighted by molar-refractivity contribution is -0.140. The molecule has 15 heavy (non-hydrogen) atoms. The fraction of sp³-hybridized carbons (Fsp3) is 0.778. The molecule has 6 nitrogen and oxygen atoms in total. The lowest BCUT2D eigenvalue weighted by Gasteiger charge is -2.21. The molecule has 0 bridgehead atoms. The van der Waals surface area contributed by atoms with Gasteiger partial charge in [-0.25, -0.2) is 4.79 Å². The Bertz CT molecular complexity index is 257. The Labute approximate surface area is 88.1 Å². The van der Waals surface area contributed by atoms with Crippen molar-refractivity contribution in [3.63, 3.8) is 0 Å². The Morgan fingerprint density at radius 1 is 1.47 bits per heavy atom. The molecule has 1 heterocycles. The third-order valence-corrected chi connectivity index (χ3v) is 1.92. The van der Waals surface area contributed by atoms with Crippen molar-refractivity contribution in [3.8, 4) is 0 Å². The molecule has 1 saturated heterocycles. The summed E-state index contributed by atoms with van der Waals surface area (Å²) in [4.78, 5) is 16.1. The molecule has 6 heteroatoms. The number of ether oxygens (including phenoxy) is 3. The van der Waals surface area contributed by atoms with E-state index in [-0.39, 0.29) is 12.3 Å². The number of esters is 1. The van der Waals surface area contributed by atoms with E-state index in [4.69, 9.17) is 14.2 Å². The predicted octanol–water partition coefficient (Wildman–Crippen LogP) is 0.315. The zero-order valence-corrected chi connectivity index (χ0v) is 9.11. The van der Waals surface area contributed by atoms with Crippen molar-refractivity contribution in [2.45, 2.75) is 19.6 Å². The van der Waals surface area contributed by atoms with Gasteiger partial charge in [0.2, 0.25) is 11.5 Å². The summed E-state index contributed by atoms with van der Waals surface area (Å²) in [7, 11) is 1.34. The van der Waals surface area contributed by atoms with Gasteiger partial charge in [0, 0.05) is 0 Å². The highest BCUT2D eigenvalue weighted by Crippen LogP contribution is 2.21. The SMILES string of the molecule is CCOC(=O)/C(=N\OC)C1(C)OCCO1. The van der Waals surface area contributed by atoms with E-state index in [1.807, 2.05) is 0 Å². The predicted molar refractivity (Wildman–Crippen MR) is 51.4 cm³/mol. The molecule has 0 aromatic heterocycles. The maximum absolute atomic E-state index is 11.5. The van der Waals surface area contributed by atoms with Crippen molar-refractivity contribution in [1.29, 1.82) is 0 Å². The molecule has 1 fully saturated rings. The zero-order chi connectivity index (χ0) is 11.3.